The Morgan fingerprint density at radius 1 is 1.04 bits per heavy atom. The van der Waals surface area contributed by atoms with Crippen LogP contribution in [0.1, 0.15) is 65.5 Å². The van der Waals surface area contributed by atoms with Gasteiger partial charge in [0.05, 0.1) is 23.2 Å². The van der Waals surface area contributed by atoms with Crippen LogP contribution in [0.25, 0.3) is 0 Å². The van der Waals surface area contributed by atoms with Gasteiger partial charge in [0.25, 0.3) is 5.91 Å². The van der Waals surface area contributed by atoms with E-state index in [0.29, 0.717) is 24.9 Å². The summed E-state index contributed by atoms with van der Waals surface area (Å²) in [6.45, 7) is 10.3. The van der Waals surface area contributed by atoms with Crippen LogP contribution in [0, 0.1) is 17.2 Å². The Labute approximate surface area is 318 Å². The molecule has 3 aliphatic heterocycles. The summed E-state index contributed by atoms with van der Waals surface area (Å²) in [5.74, 6) is -3.44. The zero-order chi connectivity index (χ0) is 40.7. The molecule has 0 radical (unpaired) electrons. The van der Waals surface area contributed by atoms with E-state index < -0.39 is 76.7 Å². The van der Waals surface area contributed by atoms with Crippen LogP contribution in [0.4, 0.5) is 37.2 Å². The lowest BCUT2D eigenvalue weighted by atomic mass is 9.59. The number of halogens is 5. The largest absolute Gasteiger partial charge is 0.461 e. The molecule has 3 heterocycles. The molecule has 0 unspecified atom stereocenters. The fraction of sp³-hybridized carbons (Fsp3) is 0.528. The summed E-state index contributed by atoms with van der Waals surface area (Å²) in [4.78, 5) is 60.9. The minimum absolute atomic E-state index is 0.0361. The molecular weight excluding hydrogens is 757 g/mol. The van der Waals surface area contributed by atoms with Crippen molar-refractivity contribution in [1.82, 2.24) is 10.2 Å². The molecule has 1 atom stereocenters. The maximum atomic E-state index is 15.7. The third-order valence-electron chi connectivity index (χ3n) is 8.69. The van der Waals surface area contributed by atoms with Crippen LogP contribution in [0.3, 0.4) is 0 Å². The number of nitrogens with two attached hydrogens (primary N) is 1. The highest BCUT2D eigenvalue weighted by molar-refractivity contribution is 7.99. The molecule has 3 amide bonds. The van der Waals surface area contributed by atoms with Gasteiger partial charge in [0.15, 0.2) is 5.84 Å². The van der Waals surface area contributed by atoms with Gasteiger partial charge in [-0.25, -0.2) is 18.8 Å². The SMILES string of the molecule is CC(C)(C)OC(=O)N[C@H]1CSc2cc(F)c(/C(N)=N/OC(=O)C34CC(CN(C(=O)OC(C)(C)C)C3)C4)cc2N(Cc2ccc(OC(F)(F)C(F)F)cc2)C1=O. The Bertz CT molecular complexity index is 1840. The fourth-order valence-electron chi connectivity index (χ4n) is 6.36. The van der Waals surface area contributed by atoms with E-state index in [-0.39, 0.29) is 40.9 Å². The summed E-state index contributed by atoms with van der Waals surface area (Å²) in [6, 6.07) is 5.65. The van der Waals surface area contributed by atoms with E-state index in [9.17, 15) is 36.7 Å². The molecule has 0 aromatic heterocycles. The summed E-state index contributed by atoms with van der Waals surface area (Å²) in [5.41, 5.74) is 3.53. The van der Waals surface area contributed by atoms with E-state index in [0.717, 1.165) is 30.0 Å². The fourth-order valence-corrected chi connectivity index (χ4v) is 7.44. The molecule has 19 heteroatoms. The number of nitrogens with zero attached hydrogens (tertiary/aromatic N) is 3. The molecule has 3 fully saturated rings. The van der Waals surface area contributed by atoms with Crippen molar-refractivity contribution in [2.45, 2.75) is 95.6 Å². The van der Waals surface area contributed by atoms with Gasteiger partial charge in [0.1, 0.15) is 28.8 Å². The highest BCUT2D eigenvalue weighted by atomic mass is 32.2. The van der Waals surface area contributed by atoms with Crippen LogP contribution < -0.4 is 20.7 Å². The zero-order valence-electron chi connectivity index (χ0n) is 30.9. The molecule has 1 aliphatic carbocycles. The summed E-state index contributed by atoms with van der Waals surface area (Å²) in [5, 5.41) is 6.25. The van der Waals surface area contributed by atoms with Gasteiger partial charge in [0.2, 0.25) is 0 Å². The number of piperidine rings is 2. The number of anilines is 1. The van der Waals surface area contributed by atoms with Gasteiger partial charge in [-0.05, 0) is 90.1 Å². The van der Waals surface area contributed by atoms with Gasteiger partial charge in [-0.1, -0.05) is 17.3 Å². The molecule has 1 saturated carbocycles. The number of rotatable bonds is 9. The molecule has 3 N–H and O–H groups in total. The average Bonchev–Trinajstić information content (AvgIpc) is 3.17. The van der Waals surface area contributed by atoms with Crippen LogP contribution >= 0.6 is 11.8 Å². The number of ether oxygens (including phenoxy) is 3. The Morgan fingerprint density at radius 2 is 1.67 bits per heavy atom. The Kier molecular flexibility index (Phi) is 11.6. The molecule has 4 aliphatic rings. The number of carbonyl (C=O) groups excluding carboxylic acids is 4. The highest BCUT2D eigenvalue weighted by Crippen LogP contribution is 2.51. The van der Waals surface area contributed by atoms with Crippen molar-refractivity contribution in [3.05, 3.63) is 53.3 Å². The number of benzene rings is 2. The van der Waals surface area contributed by atoms with Crippen molar-refractivity contribution in [3.63, 3.8) is 0 Å². The van der Waals surface area contributed by atoms with E-state index in [4.69, 9.17) is 20.0 Å². The molecule has 2 saturated heterocycles. The van der Waals surface area contributed by atoms with Crippen molar-refractivity contribution >= 4 is 47.3 Å². The Balaban J connectivity index is 1.40. The smallest absolute Gasteiger partial charge is 0.444 e. The lowest BCUT2D eigenvalue weighted by molar-refractivity contribution is -0.253. The third-order valence-corrected chi connectivity index (χ3v) is 9.83. The first kappa shape index (κ1) is 41.4. The van der Waals surface area contributed by atoms with Crippen LogP contribution in [0.2, 0.25) is 0 Å². The van der Waals surface area contributed by atoms with E-state index in [1.807, 2.05) is 0 Å². The molecular formula is C36H42F5N5O8S. The number of thioether (sulfide) groups is 1. The number of carbonyl (C=O) groups is 4. The van der Waals surface area contributed by atoms with Crippen LogP contribution in [0.15, 0.2) is 46.4 Å². The number of nitrogens with one attached hydrogen (secondary N) is 1. The van der Waals surface area contributed by atoms with Crippen molar-refractivity contribution < 1.29 is 60.2 Å². The van der Waals surface area contributed by atoms with Gasteiger partial charge >= 0.3 is 30.7 Å². The van der Waals surface area contributed by atoms with E-state index in [2.05, 4.69) is 15.2 Å². The average molecular weight is 800 g/mol. The predicted octanol–water partition coefficient (Wildman–Crippen LogP) is 6.41. The standard InChI is InChI=1S/C36H42F5N5O8S/c1-33(2,3)52-31(49)43-24-17-55-26-12-23(37)22(11-25(26)46(28(24)47)16-19-7-9-21(10-8-19)51-36(40,41)29(38)39)27(42)44-54-30(48)35-13-20(14-35)15-45(18-35)32(50)53-34(4,5)6/h7-12,20,24,29H,13-18H2,1-6H3,(H2,42,44)(H,43,49)/t20?,24-,35?/m0/s1. The highest BCUT2D eigenvalue weighted by Gasteiger charge is 2.58. The molecule has 6 rings (SSSR count). The van der Waals surface area contributed by atoms with Gasteiger partial charge in [-0.15, -0.1) is 11.8 Å². The van der Waals surface area contributed by atoms with Gasteiger partial charge in [0, 0.05) is 23.7 Å². The lowest BCUT2D eigenvalue weighted by Gasteiger charge is -2.53. The van der Waals surface area contributed by atoms with E-state index >= 15 is 4.39 Å². The molecule has 2 bridgehead atoms. The third kappa shape index (κ3) is 9.90. The number of fused-ring (bicyclic) bond motifs is 3. The molecule has 55 heavy (non-hydrogen) atoms. The number of amidine groups is 1. The van der Waals surface area contributed by atoms with Gasteiger partial charge in [-0.2, -0.15) is 17.6 Å². The second-order valence-corrected chi connectivity index (χ2v) is 16.7. The molecule has 13 nitrogen and oxygen atoms in total. The summed E-state index contributed by atoms with van der Waals surface area (Å²) >= 11 is 1.03. The topological polar surface area (TPSA) is 162 Å². The quantitative estimate of drug-likeness (QED) is 0.0954. The second kappa shape index (κ2) is 15.4. The minimum Gasteiger partial charge on any atom is -0.444 e. The van der Waals surface area contributed by atoms with Crippen LogP contribution in [-0.2, 0) is 30.4 Å². The molecule has 2 aromatic rings. The number of hydrogen-bond acceptors (Lipinski definition) is 10. The number of alkyl carbamates (subject to hydrolysis) is 1. The number of oxime groups is 1. The first-order chi connectivity index (χ1) is 25.4. The summed E-state index contributed by atoms with van der Waals surface area (Å²) in [7, 11) is 0. The Morgan fingerprint density at radius 3 is 2.27 bits per heavy atom. The lowest BCUT2D eigenvalue weighted by Crippen LogP contribution is -2.61. The van der Waals surface area contributed by atoms with E-state index in [1.54, 1.807) is 41.5 Å². The first-order valence-electron chi connectivity index (χ1n) is 17.2. The summed E-state index contributed by atoms with van der Waals surface area (Å²) in [6.07, 6.45) is -9.39. The van der Waals surface area contributed by atoms with Crippen LogP contribution in [0.5, 0.6) is 5.75 Å². The number of hydrogen-bond donors (Lipinski definition) is 2. The first-order valence-corrected chi connectivity index (χ1v) is 18.2. The molecule has 2 aromatic carbocycles. The van der Waals surface area contributed by atoms with Crippen molar-refractivity contribution in [2.75, 3.05) is 23.7 Å². The molecule has 0 spiro atoms. The van der Waals surface area contributed by atoms with Gasteiger partial charge in [-0.3, -0.25) is 4.79 Å². The Hall–Kier alpha value is -4.81. The van der Waals surface area contributed by atoms with Crippen LogP contribution in [-0.4, -0.2) is 83.4 Å². The molecule has 300 valence electrons. The maximum absolute atomic E-state index is 15.7. The second-order valence-electron chi connectivity index (χ2n) is 15.6. The van der Waals surface area contributed by atoms with Crippen molar-refractivity contribution in [1.29, 1.82) is 0 Å². The minimum atomic E-state index is -4.74. The monoisotopic (exact) mass is 799 g/mol. The van der Waals surface area contributed by atoms with Crippen molar-refractivity contribution in [2.24, 2.45) is 22.2 Å². The van der Waals surface area contributed by atoms with E-state index in [1.165, 1.54) is 28.0 Å². The van der Waals surface area contributed by atoms with Crippen molar-refractivity contribution in [3.8, 4) is 5.75 Å². The summed E-state index contributed by atoms with van der Waals surface area (Å²) < 4.78 is 82.9. The normalized spacial score (nSPS) is 21.6. The van der Waals surface area contributed by atoms with Gasteiger partial charge < -0.3 is 39.9 Å². The maximum Gasteiger partial charge on any atom is 0.461 e. The zero-order valence-corrected chi connectivity index (χ0v) is 31.7. The number of amides is 3. The predicted molar refractivity (Wildman–Crippen MR) is 189 cm³/mol. The number of alkyl halides is 4.